The number of aromatic nitrogens is 1. The molecule has 21 heavy (non-hydrogen) atoms. The summed E-state index contributed by atoms with van der Waals surface area (Å²) in [6.45, 7) is 2.69. The van der Waals surface area contributed by atoms with Crippen LogP contribution >= 0.6 is 23.2 Å². The first-order valence-corrected chi connectivity index (χ1v) is 6.60. The summed E-state index contributed by atoms with van der Waals surface area (Å²) < 4.78 is 41.5. The molecule has 1 aromatic heterocycles. The van der Waals surface area contributed by atoms with E-state index in [0.29, 0.717) is 6.07 Å². The molecule has 0 aliphatic heterocycles. The Morgan fingerprint density at radius 3 is 2.24 bits per heavy atom. The second-order valence-electron chi connectivity index (χ2n) is 4.96. The topological polar surface area (TPSA) is 33.1 Å². The van der Waals surface area contributed by atoms with Crippen molar-refractivity contribution < 1.29 is 18.3 Å². The van der Waals surface area contributed by atoms with Crippen LogP contribution in [0, 0.1) is 17.5 Å². The minimum Gasteiger partial charge on any atom is -0.386 e. The van der Waals surface area contributed by atoms with Crippen molar-refractivity contribution in [1.29, 1.82) is 0 Å². The van der Waals surface area contributed by atoms with Crippen LogP contribution in [0.5, 0.6) is 0 Å². The van der Waals surface area contributed by atoms with Gasteiger partial charge in [-0.15, -0.1) is 0 Å². The van der Waals surface area contributed by atoms with Crippen molar-refractivity contribution in [3.8, 4) is 11.3 Å². The predicted octanol–water partition coefficient (Wildman–Crippen LogP) is 4.70. The van der Waals surface area contributed by atoms with Crippen molar-refractivity contribution in [3.63, 3.8) is 0 Å². The van der Waals surface area contributed by atoms with Gasteiger partial charge >= 0.3 is 0 Å². The van der Waals surface area contributed by atoms with Gasteiger partial charge in [-0.2, -0.15) is 0 Å². The van der Waals surface area contributed by atoms with Crippen molar-refractivity contribution in [2.45, 2.75) is 19.4 Å². The normalized spacial score (nSPS) is 11.8. The Kier molecular flexibility index (Phi) is 4.19. The van der Waals surface area contributed by atoms with E-state index in [1.54, 1.807) is 0 Å². The fraction of sp³-hybridized carbons (Fsp3) is 0.214. The highest BCUT2D eigenvalue weighted by molar-refractivity contribution is 6.31. The van der Waals surface area contributed by atoms with E-state index in [1.807, 2.05) is 0 Å². The number of aliphatic hydroxyl groups is 1. The zero-order chi connectivity index (χ0) is 15.9. The maximum absolute atomic E-state index is 14.5. The number of hydrogen-bond acceptors (Lipinski definition) is 2. The summed E-state index contributed by atoms with van der Waals surface area (Å²) in [6.07, 6.45) is 0. The molecule has 0 fully saturated rings. The van der Waals surface area contributed by atoms with E-state index in [-0.39, 0.29) is 21.3 Å². The first-order chi connectivity index (χ1) is 9.61. The third-order valence-electron chi connectivity index (χ3n) is 2.85. The summed E-state index contributed by atoms with van der Waals surface area (Å²) in [6, 6.07) is 2.59. The van der Waals surface area contributed by atoms with E-state index >= 15 is 0 Å². The fourth-order valence-corrected chi connectivity index (χ4v) is 2.18. The highest BCUT2D eigenvalue weighted by Gasteiger charge is 2.26. The van der Waals surface area contributed by atoms with Crippen molar-refractivity contribution >= 4 is 23.2 Å². The summed E-state index contributed by atoms with van der Waals surface area (Å²) >= 11 is 11.4. The number of benzene rings is 1. The summed E-state index contributed by atoms with van der Waals surface area (Å²) in [4.78, 5) is 3.71. The van der Waals surface area contributed by atoms with Gasteiger partial charge in [0.2, 0.25) is 0 Å². The van der Waals surface area contributed by atoms with Crippen LogP contribution < -0.4 is 0 Å². The van der Waals surface area contributed by atoms with Crippen LogP contribution in [0.4, 0.5) is 13.2 Å². The molecule has 0 atom stereocenters. The van der Waals surface area contributed by atoms with E-state index in [9.17, 15) is 18.3 Å². The molecule has 2 nitrogen and oxygen atoms in total. The molecule has 0 aliphatic carbocycles. The van der Waals surface area contributed by atoms with E-state index < -0.39 is 28.7 Å². The molecule has 0 spiro atoms. The molecule has 1 heterocycles. The van der Waals surface area contributed by atoms with Crippen LogP contribution in [-0.4, -0.2) is 10.1 Å². The minimum absolute atomic E-state index is 0.136. The lowest BCUT2D eigenvalue weighted by Crippen LogP contribution is -2.18. The Morgan fingerprint density at radius 2 is 1.67 bits per heavy atom. The van der Waals surface area contributed by atoms with E-state index in [2.05, 4.69) is 4.98 Å². The van der Waals surface area contributed by atoms with Crippen molar-refractivity contribution in [3.05, 3.63) is 51.4 Å². The summed E-state index contributed by atoms with van der Waals surface area (Å²) in [5, 5.41) is 9.41. The maximum atomic E-state index is 14.5. The monoisotopic (exact) mass is 335 g/mol. The van der Waals surface area contributed by atoms with E-state index in [4.69, 9.17) is 23.2 Å². The summed E-state index contributed by atoms with van der Waals surface area (Å²) in [5.74, 6) is -2.95. The van der Waals surface area contributed by atoms with Crippen LogP contribution in [0.2, 0.25) is 10.2 Å². The van der Waals surface area contributed by atoms with Gasteiger partial charge in [-0.25, -0.2) is 18.2 Å². The van der Waals surface area contributed by atoms with Crippen LogP contribution in [0.15, 0.2) is 18.2 Å². The molecule has 0 unspecified atom stereocenters. The molecule has 0 bridgehead atoms. The number of halogens is 5. The smallest absolute Gasteiger partial charge is 0.155 e. The number of hydrogen-bond donors (Lipinski definition) is 1. The molecule has 2 aromatic rings. The third-order valence-corrected chi connectivity index (χ3v) is 3.33. The Balaban J connectivity index is 2.76. The zero-order valence-electron chi connectivity index (χ0n) is 11.0. The molecular weight excluding hydrogens is 326 g/mol. The molecule has 2 rings (SSSR count). The largest absolute Gasteiger partial charge is 0.386 e. The van der Waals surface area contributed by atoms with E-state index in [0.717, 1.165) is 12.1 Å². The predicted molar refractivity (Wildman–Crippen MR) is 74.8 cm³/mol. The highest BCUT2D eigenvalue weighted by Crippen LogP contribution is 2.34. The lowest BCUT2D eigenvalue weighted by atomic mass is 9.96. The molecule has 0 amide bonds. The van der Waals surface area contributed by atoms with Gasteiger partial charge < -0.3 is 5.11 Å². The van der Waals surface area contributed by atoms with Gasteiger partial charge in [0, 0.05) is 17.2 Å². The molecule has 0 radical (unpaired) electrons. The van der Waals surface area contributed by atoms with Crippen LogP contribution in [0.1, 0.15) is 19.4 Å². The summed E-state index contributed by atoms with van der Waals surface area (Å²) in [5.41, 5.74) is -2.49. The molecule has 0 aliphatic rings. The standard InChI is InChI=1S/C14H10Cl2F3NO/c1-14(2,21)7-4-11(16)20-13(12(7)19)6-3-8(15)10(18)5-9(6)17/h3-5,21H,1-2H3. The van der Waals surface area contributed by atoms with Crippen LogP contribution in [-0.2, 0) is 5.60 Å². The number of rotatable bonds is 2. The van der Waals surface area contributed by atoms with Crippen LogP contribution in [0.25, 0.3) is 11.3 Å². The van der Waals surface area contributed by atoms with Gasteiger partial charge in [-0.1, -0.05) is 23.2 Å². The second-order valence-corrected chi connectivity index (χ2v) is 5.75. The third kappa shape index (κ3) is 3.15. The lowest BCUT2D eigenvalue weighted by Gasteiger charge is -2.20. The van der Waals surface area contributed by atoms with Crippen molar-refractivity contribution in [1.82, 2.24) is 4.98 Å². The number of pyridine rings is 1. The molecular formula is C14H10Cl2F3NO. The van der Waals surface area contributed by atoms with Gasteiger partial charge in [0.1, 0.15) is 22.5 Å². The van der Waals surface area contributed by atoms with Crippen molar-refractivity contribution in [2.24, 2.45) is 0 Å². The highest BCUT2D eigenvalue weighted by atomic mass is 35.5. The Labute approximate surface area is 129 Å². The molecule has 0 saturated carbocycles. The second kappa shape index (κ2) is 5.48. The molecule has 0 saturated heterocycles. The Morgan fingerprint density at radius 1 is 1.05 bits per heavy atom. The van der Waals surface area contributed by atoms with Gasteiger partial charge in [-0.3, -0.25) is 0 Å². The van der Waals surface area contributed by atoms with Crippen LogP contribution in [0.3, 0.4) is 0 Å². The maximum Gasteiger partial charge on any atom is 0.155 e. The van der Waals surface area contributed by atoms with E-state index in [1.165, 1.54) is 13.8 Å². The summed E-state index contributed by atoms with van der Waals surface area (Å²) in [7, 11) is 0. The zero-order valence-corrected chi connectivity index (χ0v) is 12.5. The number of nitrogens with zero attached hydrogens (tertiary/aromatic N) is 1. The lowest BCUT2D eigenvalue weighted by molar-refractivity contribution is 0.0745. The first-order valence-electron chi connectivity index (χ1n) is 5.85. The minimum atomic E-state index is -1.55. The Bertz CT molecular complexity index is 714. The Hall–Kier alpha value is -1.30. The average Bonchev–Trinajstić information content (AvgIpc) is 2.35. The SMILES string of the molecule is CC(C)(O)c1cc(Cl)nc(-c2cc(Cl)c(F)cc2F)c1F. The molecule has 1 N–H and O–H groups in total. The fourth-order valence-electron chi connectivity index (χ4n) is 1.83. The van der Waals surface area contributed by atoms with Crippen molar-refractivity contribution in [2.75, 3.05) is 0 Å². The van der Waals surface area contributed by atoms with Gasteiger partial charge in [0.15, 0.2) is 5.82 Å². The first kappa shape index (κ1) is 16.1. The average molecular weight is 336 g/mol. The molecule has 112 valence electrons. The molecule has 1 aromatic carbocycles. The quantitative estimate of drug-likeness (QED) is 0.637. The van der Waals surface area contributed by atoms with Gasteiger partial charge in [-0.05, 0) is 26.0 Å². The van der Waals surface area contributed by atoms with Gasteiger partial charge in [0.25, 0.3) is 0 Å². The molecule has 7 heteroatoms. The van der Waals surface area contributed by atoms with Gasteiger partial charge in [0.05, 0.1) is 10.6 Å².